The fourth-order valence-corrected chi connectivity index (χ4v) is 1.68. The third-order valence-corrected chi connectivity index (χ3v) is 2.62. The van der Waals surface area contributed by atoms with Crippen LogP contribution in [0.25, 0.3) is 0 Å². The Hall–Kier alpha value is -0.770. The third-order valence-electron chi connectivity index (χ3n) is 2.33. The van der Waals surface area contributed by atoms with Crippen LogP contribution in [0.1, 0.15) is 18.9 Å². The van der Waals surface area contributed by atoms with Gasteiger partial charge in [-0.15, -0.1) is 0 Å². The molecule has 1 aromatic carbocycles. The first kappa shape index (κ1) is 14.3. The van der Waals surface area contributed by atoms with Gasteiger partial charge in [-0.3, -0.25) is 0 Å². The zero-order chi connectivity index (χ0) is 12.5. The zero-order valence-electron chi connectivity index (χ0n) is 10.5. The van der Waals surface area contributed by atoms with Crippen LogP contribution in [0.3, 0.4) is 0 Å². The van der Waals surface area contributed by atoms with Crippen LogP contribution in [0.5, 0.6) is 5.75 Å². The van der Waals surface area contributed by atoms with Crippen molar-refractivity contribution < 1.29 is 9.47 Å². The Bertz CT molecular complexity index is 331. The van der Waals surface area contributed by atoms with Crippen LogP contribution < -0.4 is 10.1 Å². The first-order chi connectivity index (χ1) is 8.27. The summed E-state index contributed by atoms with van der Waals surface area (Å²) in [6.07, 6.45) is 0.867. The van der Waals surface area contributed by atoms with Crippen molar-refractivity contribution in [3.8, 4) is 5.75 Å². The van der Waals surface area contributed by atoms with E-state index in [1.54, 1.807) is 7.11 Å². The summed E-state index contributed by atoms with van der Waals surface area (Å²) >= 11 is 6.14. The Morgan fingerprint density at radius 3 is 2.76 bits per heavy atom. The van der Waals surface area contributed by atoms with Crippen molar-refractivity contribution in [2.75, 3.05) is 26.9 Å². The van der Waals surface area contributed by atoms with E-state index in [2.05, 4.69) is 12.2 Å². The quantitative estimate of drug-likeness (QED) is 0.727. The van der Waals surface area contributed by atoms with E-state index in [4.69, 9.17) is 21.1 Å². The van der Waals surface area contributed by atoms with Gasteiger partial charge in [0.05, 0.1) is 11.6 Å². The average molecular weight is 258 g/mol. The highest BCUT2D eigenvalue weighted by atomic mass is 35.5. The van der Waals surface area contributed by atoms with Crippen LogP contribution in [0, 0.1) is 0 Å². The van der Waals surface area contributed by atoms with Crippen LogP contribution in [0.15, 0.2) is 18.2 Å². The number of benzene rings is 1. The molecule has 0 atom stereocenters. The van der Waals surface area contributed by atoms with Gasteiger partial charge in [0, 0.05) is 26.7 Å². The number of methoxy groups -OCH3 is 1. The third kappa shape index (κ3) is 5.39. The van der Waals surface area contributed by atoms with Gasteiger partial charge in [0.1, 0.15) is 5.75 Å². The SMILES string of the molecule is CCNCc1ccc(OCCCOC)c(Cl)c1. The van der Waals surface area contributed by atoms with E-state index >= 15 is 0 Å². The molecule has 1 aromatic rings. The summed E-state index contributed by atoms with van der Waals surface area (Å²) in [6, 6.07) is 5.89. The lowest BCUT2D eigenvalue weighted by atomic mass is 10.2. The van der Waals surface area contributed by atoms with Gasteiger partial charge in [-0.05, 0) is 24.2 Å². The van der Waals surface area contributed by atoms with Crippen LogP contribution in [0.4, 0.5) is 0 Å². The number of rotatable bonds is 8. The second-order valence-electron chi connectivity index (χ2n) is 3.74. The monoisotopic (exact) mass is 257 g/mol. The number of nitrogens with one attached hydrogen (secondary N) is 1. The highest BCUT2D eigenvalue weighted by molar-refractivity contribution is 6.32. The smallest absolute Gasteiger partial charge is 0.137 e. The van der Waals surface area contributed by atoms with Gasteiger partial charge in [-0.2, -0.15) is 0 Å². The Kier molecular flexibility index (Phi) is 7.01. The molecule has 0 aliphatic rings. The molecule has 17 heavy (non-hydrogen) atoms. The maximum Gasteiger partial charge on any atom is 0.137 e. The van der Waals surface area contributed by atoms with Crippen molar-refractivity contribution in [3.05, 3.63) is 28.8 Å². The molecule has 0 fully saturated rings. The minimum Gasteiger partial charge on any atom is -0.492 e. The lowest BCUT2D eigenvalue weighted by molar-refractivity contribution is 0.172. The Labute approximate surface area is 108 Å². The number of ether oxygens (including phenoxy) is 2. The maximum absolute atomic E-state index is 6.14. The van der Waals surface area contributed by atoms with Crippen LogP contribution in [0.2, 0.25) is 5.02 Å². The van der Waals surface area contributed by atoms with Crippen LogP contribution in [-0.4, -0.2) is 26.9 Å². The fourth-order valence-electron chi connectivity index (χ4n) is 1.43. The van der Waals surface area contributed by atoms with E-state index in [9.17, 15) is 0 Å². The van der Waals surface area contributed by atoms with Gasteiger partial charge < -0.3 is 14.8 Å². The minimum atomic E-state index is 0.625. The summed E-state index contributed by atoms with van der Waals surface area (Å²) in [5.74, 6) is 0.739. The van der Waals surface area contributed by atoms with Gasteiger partial charge in [0.2, 0.25) is 0 Å². The summed E-state index contributed by atoms with van der Waals surface area (Å²) in [7, 11) is 1.68. The van der Waals surface area contributed by atoms with E-state index in [1.807, 2.05) is 18.2 Å². The number of hydrogen-bond acceptors (Lipinski definition) is 3. The van der Waals surface area contributed by atoms with Crippen LogP contribution >= 0.6 is 11.6 Å². The molecule has 0 spiro atoms. The molecule has 4 heteroatoms. The van der Waals surface area contributed by atoms with E-state index in [0.717, 1.165) is 25.3 Å². The van der Waals surface area contributed by atoms with E-state index < -0.39 is 0 Å². The van der Waals surface area contributed by atoms with Gasteiger partial charge in [-0.25, -0.2) is 0 Å². The van der Waals surface area contributed by atoms with Crippen LogP contribution in [-0.2, 0) is 11.3 Å². The van der Waals surface area contributed by atoms with Gasteiger partial charge in [0.15, 0.2) is 0 Å². The summed E-state index contributed by atoms with van der Waals surface area (Å²) in [5, 5.41) is 3.92. The topological polar surface area (TPSA) is 30.5 Å². The second kappa shape index (κ2) is 8.34. The Morgan fingerprint density at radius 1 is 1.29 bits per heavy atom. The first-order valence-electron chi connectivity index (χ1n) is 5.88. The molecule has 0 aliphatic carbocycles. The average Bonchev–Trinajstić information content (AvgIpc) is 2.34. The molecule has 0 heterocycles. The lowest BCUT2D eigenvalue weighted by Crippen LogP contribution is -2.11. The lowest BCUT2D eigenvalue weighted by Gasteiger charge is -2.09. The van der Waals surface area contributed by atoms with E-state index in [-0.39, 0.29) is 0 Å². The number of halogens is 1. The molecular formula is C13H20ClNO2. The van der Waals surface area contributed by atoms with Crippen molar-refractivity contribution in [2.45, 2.75) is 19.9 Å². The zero-order valence-corrected chi connectivity index (χ0v) is 11.2. The normalized spacial score (nSPS) is 10.5. The predicted octanol–water partition coefficient (Wildman–Crippen LogP) is 2.86. The summed E-state index contributed by atoms with van der Waals surface area (Å²) in [4.78, 5) is 0. The summed E-state index contributed by atoms with van der Waals surface area (Å²) in [5.41, 5.74) is 1.17. The summed E-state index contributed by atoms with van der Waals surface area (Å²) < 4.78 is 10.5. The number of hydrogen-bond donors (Lipinski definition) is 1. The largest absolute Gasteiger partial charge is 0.492 e. The highest BCUT2D eigenvalue weighted by Gasteiger charge is 2.02. The first-order valence-corrected chi connectivity index (χ1v) is 6.26. The molecule has 1 rings (SSSR count). The molecule has 0 bridgehead atoms. The van der Waals surface area contributed by atoms with Crippen molar-refractivity contribution in [1.29, 1.82) is 0 Å². The molecule has 1 N–H and O–H groups in total. The maximum atomic E-state index is 6.14. The molecule has 0 radical (unpaired) electrons. The molecule has 0 unspecified atom stereocenters. The molecule has 0 amide bonds. The molecular weight excluding hydrogens is 238 g/mol. The summed E-state index contributed by atoms with van der Waals surface area (Å²) in [6.45, 7) is 5.19. The second-order valence-corrected chi connectivity index (χ2v) is 4.15. The molecule has 0 aromatic heterocycles. The van der Waals surface area contributed by atoms with E-state index in [1.165, 1.54) is 5.56 Å². The fraction of sp³-hybridized carbons (Fsp3) is 0.538. The van der Waals surface area contributed by atoms with Crippen molar-refractivity contribution >= 4 is 11.6 Å². The molecule has 0 saturated heterocycles. The van der Waals surface area contributed by atoms with Crippen molar-refractivity contribution in [3.63, 3.8) is 0 Å². The van der Waals surface area contributed by atoms with Gasteiger partial charge in [0.25, 0.3) is 0 Å². The standard InChI is InChI=1S/C13H20ClNO2/c1-3-15-10-11-5-6-13(12(14)9-11)17-8-4-7-16-2/h5-6,9,15H,3-4,7-8,10H2,1-2H3. The van der Waals surface area contributed by atoms with Gasteiger partial charge in [-0.1, -0.05) is 24.6 Å². The molecule has 3 nitrogen and oxygen atoms in total. The predicted molar refractivity (Wildman–Crippen MR) is 70.8 cm³/mol. The van der Waals surface area contributed by atoms with Gasteiger partial charge >= 0.3 is 0 Å². The van der Waals surface area contributed by atoms with E-state index in [0.29, 0.717) is 18.2 Å². The Balaban J connectivity index is 2.45. The van der Waals surface area contributed by atoms with Crippen molar-refractivity contribution in [1.82, 2.24) is 5.32 Å². The minimum absolute atomic E-state index is 0.625. The molecule has 0 saturated carbocycles. The Morgan fingerprint density at radius 2 is 2.12 bits per heavy atom. The highest BCUT2D eigenvalue weighted by Crippen LogP contribution is 2.25. The molecule has 0 aliphatic heterocycles. The molecule has 96 valence electrons. The van der Waals surface area contributed by atoms with Crippen molar-refractivity contribution in [2.24, 2.45) is 0 Å².